The maximum atomic E-state index is 10.8. The molecule has 1 unspecified atom stereocenters. The van der Waals surface area contributed by atoms with Gasteiger partial charge in [-0.05, 0) is 26.1 Å². The molecule has 7 heteroatoms. The number of nitrogens with one attached hydrogen (secondary N) is 1. The highest BCUT2D eigenvalue weighted by atomic mass is 16.5. The summed E-state index contributed by atoms with van der Waals surface area (Å²) in [4.78, 5) is 15.2. The number of para-hydroxylation sites is 1. The average molecular weight is 290 g/mol. The van der Waals surface area contributed by atoms with E-state index in [1.54, 1.807) is 18.2 Å². The maximum absolute atomic E-state index is 10.8. The van der Waals surface area contributed by atoms with Crippen molar-refractivity contribution < 1.29 is 14.1 Å². The van der Waals surface area contributed by atoms with Crippen LogP contribution in [0.25, 0.3) is 11.5 Å². The van der Waals surface area contributed by atoms with Crippen LogP contribution in [0.2, 0.25) is 0 Å². The highest BCUT2D eigenvalue weighted by molar-refractivity contribution is 5.75. The lowest BCUT2D eigenvalue weighted by Crippen LogP contribution is -2.24. The van der Waals surface area contributed by atoms with Gasteiger partial charge in [-0.15, -0.1) is 0 Å². The molecule has 0 radical (unpaired) electrons. The summed E-state index contributed by atoms with van der Waals surface area (Å²) in [6.07, 6.45) is 0.657. The maximum Gasteiger partial charge on any atom is 0.261 e. The van der Waals surface area contributed by atoms with Gasteiger partial charge in [-0.1, -0.05) is 17.3 Å². The predicted molar refractivity (Wildman–Crippen MR) is 76.6 cm³/mol. The Morgan fingerprint density at radius 3 is 2.95 bits per heavy atom. The summed E-state index contributed by atoms with van der Waals surface area (Å²) in [6.45, 7) is 1.83. The van der Waals surface area contributed by atoms with Crippen molar-refractivity contribution in [2.75, 3.05) is 13.7 Å². The van der Waals surface area contributed by atoms with Gasteiger partial charge in [-0.2, -0.15) is 4.98 Å². The molecule has 0 aliphatic heterocycles. The topological polar surface area (TPSA) is 103 Å². The molecular weight excluding hydrogens is 272 g/mol. The van der Waals surface area contributed by atoms with Crippen LogP contribution in [0.1, 0.15) is 12.7 Å². The van der Waals surface area contributed by atoms with Crippen molar-refractivity contribution in [3.05, 3.63) is 30.1 Å². The molecule has 21 heavy (non-hydrogen) atoms. The van der Waals surface area contributed by atoms with Crippen LogP contribution in [0.4, 0.5) is 0 Å². The van der Waals surface area contributed by atoms with Crippen molar-refractivity contribution in [1.82, 2.24) is 15.5 Å². The number of rotatable bonds is 7. The Morgan fingerprint density at radius 2 is 2.24 bits per heavy atom. The lowest BCUT2D eigenvalue weighted by molar-refractivity contribution is -0.119. The van der Waals surface area contributed by atoms with Gasteiger partial charge >= 0.3 is 0 Å². The molecule has 0 aliphatic rings. The molecule has 0 saturated heterocycles. The predicted octanol–water partition coefficient (Wildman–Crippen LogP) is 0.751. The Balaban J connectivity index is 2.19. The number of primary amides is 1. The Morgan fingerprint density at radius 1 is 1.48 bits per heavy atom. The molecule has 0 aliphatic carbocycles. The third kappa shape index (κ3) is 4.03. The van der Waals surface area contributed by atoms with E-state index in [1.807, 2.05) is 20.0 Å². The van der Waals surface area contributed by atoms with Crippen LogP contribution >= 0.6 is 0 Å². The summed E-state index contributed by atoms with van der Waals surface area (Å²) in [5.74, 6) is 0.900. The van der Waals surface area contributed by atoms with E-state index in [9.17, 15) is 4.79 Å². The van der Waals surface area contributed by atoms with E-state index >= 15 is 0 Å². The van der Waals surface area contributed by atoms with E-state index in [0.717, 1.165) is 0 Å². The molecule has 112 valence electrons. The van der Waals surface area contributed by atoms with Crippen molar-refractivity contribution in [2.45, 2.75) is 19.4 Å². The number of likely N-dealkylation sites (N-methyl/N-ethyl adjacent to an activating group) is 1. The van der Waals surface area contributed by atoms with Gasteiger partial charge in [0.05, 0.1) is 5.56 Å². The van der Waals surface area contributed by atoms with Gasteiger partial charge in [0.15, 0.2) is 12.4 Å². The summed E-state index contributed by atoms with van der Waals surface area (Å²) < 4.78 is 10.6. The van der Waals surface area contributed by atoms with Gasteiger partial charge in [-0.3, -0.25) is 4.79 Å². The summed E-state index contributed by atoms with van der Waals surface area (Å²) in [7, 11) is 1.87. The second-order valence-corrected chi connectivity index (χ2v) is 4.66. The number of hydrogen-bond acceptors (Lipinski definition) is 6. The molecule has 0 spiro atoms. The Kier molecular flexibility index (Phi) is 4.89. The molecule has 0 saturated carbocycles. The van der Waals surface area contributed by atoms with Crippen LogP contribution in [0.5, 0.6) is 5.75 Å². The molecule has 1 atom stereocenters. The fourth-order valence-electron chi connectivity index (χ4n) is 1.74. The summed E-state index contributed by atoms with van der Waals surface area (Å²) in [6, 6.07) is 7.37. The number of ether oxygens (including phenoxy) is 1. The first-order valence-electron chi connectivity index (χ1n) is 6.60. The third-order valence-corrected chi connectivity index (χ3v) is 2.94. The Hall–Kier alpha value is -2.41. The molecule has 1 heterocycles. The fourth-order valence-corrected chi connectivity index (χ4v) is 1.74. The van der Waals surface area contributed by atoms with Crippen LogP contribution in [-0.2, 0) is 11.2 Å². The molecule has 0 bridgehead atoms. The Labute approximate surface area is 122 Å². The number of nitrogens with zero attached hydrogens (tertiary/aromatic N) is 2. The largest absolute Gasteiger partial charge is 0.483 e. The first-order chi connectivity index (χ1) is 10.1. The second kappa shape index (κ2) is 6.85. The van der Waals surface area contributed by atoms with Crippen LogP contribution in [0, 0.1) is 0 Å². The van der Waals surface area contributed by atoms with Crippen LogP contribution in [0.3, 0.4) is 0 Å². The minimum atomic E-state index is -0.543. The van der Waals surface area contributed by atoms with Crippen molar-refractivity contribution in [2.24, 2.45) is 5.73 Å². The average Bonchev–Trinajstić information content (AvgIpc) is 2.93. The van der Waals surface area contributed by atoms with E-state index in [4.69, 9.17) is 15.0 Å². The first-order valence-corrected chi connectivity index (χ1v) is 6.60. The minimum absolute atomic E-state index is 0.200. The zero-order valence-electron chi connectivity index (χ0n) is 12.0. The van der Waals surface area contributed by atoms with Crippen molar-refractivity contribution in [3.63, 3.8) is 0 Å². The Bertz CT molecular complexity index is 612. The quantitative estimate of drug-likeness (QED) is 0.780. The lowest BCUT2D eigenvalue weighted by Gasteiger charge is -2.07. The van der Waals surface area contributed by atoms with Gasteiger partial charge in [0.1, 0.15) is 5.75 Å². The van der Waals surface area contributed by atoms with Gasteiger partial charge in [-0.25, -0.2) is 0 Å². The van der Waals surface area contributed by atoms with Gasteiger partial charge in [0.25, 0.3) is 11.8 Å². The van der Waals surface area contributed by atoms with E-state index in [2.05, 4.69) is 15.5 Å². The number of carbonyl (C=O) groups is 1. The lowest BCUT2D eigenvalue weighted by atomic mass is 10.2. The molecule has 1 aromatic heterocycles. The number of benzene rings is 1. The summed E-state index contributed by atoms with van der Waals surface area (Å²) in [5.41, 5.74) is 5.71. The number of aromatic nitrogens is 2. The third-order valence-electron chi connectivity index (χ3n) is 2.94. The van der Waals surface area contributed by atoms with E-state index in [0.29, 0.717) is 29.4 Å². The molecular formula is C14H18N4O3. The summed E-state index contributed by atoms with van der Waals surface area (Å²) >= 11 is 0. The zero-order chi connectivity index (χ0) is 15.2. The van der Waals surface area contributed by atoms with Crippen LogP contribution in [0.15, 0.2) is 28.8 Å². The number of amides is 1. The van der Waals surface area contributed by atoms with E-state index < -0.39 is 5.91 Å². The van der Waals surface area contributed by atoms with Crippen molar-refractivity contribution >= 4 is 5.91 Å². The minimum Gasteiger partial charge on any atom is -0.483 e. The van der Waals surface area contributed by atoms with Crippen LogP contribution in [-0.4, -0.2) is 35.7 Å². The normalized spacial score (nSPS) is 12.1. The molecule has 2 aromatic rings. The fraction of sp³-hybridized carbons (Fsp3) is 0.357. The molecule has 1 aromatic carbocycles. The van der Waals surface area contributed by atoms with Gasteiger partial charge < -0.3 is 20.3 Å². The zero-order valence-corrected chi connectivity index (χ0v) is 12.0. The van der Waals surface area contributed by atoms with Gasteiger partial charge in [0.2, 0.25) is 0 Å². The highest BCUT2D eigenvalue weighted by Crippen LogP contribution is 2.28. The second-order valence-electron chi connectivity index (χ2n) is 4.66. The molecule has 1 amide bonds. The first kappa shape index (κ1) is 15.0. The number of nitrogens with two attached hydrogens (primary N) is 1. The van der Waals surface area contributed by atoms with Gasteiger partial charge in [0, 0.05) is 12.5 Å². The van der Waals surface area contributed by atoms with E-state index in [-0.39, 0.29) is 12.6 Å². The molecule has 3 N–H and O–H groups in total. The van der Waals surface area contributed by atoms with Crippen molar-refractivity contribution in [3.8, 4) is 17.2 Å². The SMILES string of the molecule is CNC(C)Cc1noc(-c2ccccc2OCC(N)=O)n1. The summed E-state index contributed by atoms with van der Waals surface area (Å²) in [5, 5.41) is 7.05. The standard InChI is InChI=1S/C14H18N4O3/c1-9(16-2)7-13-17-14(21-18-13)10-5-3-4-6-11(10)20-8-12(15)19/h3-6,9,16H,7-8H2,1-2H3,(H2,15,19). The van der Waals surface area contributed by atoms with E-state index in [1.165, 1.54) is 0 Å². The highest BCUT2D eigenvalue weighted by Gasteiger charge is 2.15. The molecule has 2 rings (SSSR count). The van der Waals surface area contributed by atoms with Crippen molar-refractivity contribution in [1.29, 1.82) is 0 Å². The molecule has 7 nitrogen and oxygen atoms in total. The number of hydrogen-bond donors (Lipinski definition) is 2. The number of carbonyl (C=O) groups excluding carboxylic acids is 1. The smallest absolute Gasteiger partial charge is 0.261 e. The monoisotopic (exact) mass is 290 g/mol. The molecule has 0 fully saturated rings. The van der Waals surface area contributed by atoms with Crippen LogP contribution < -0.4 is 15.8 Å².